The molecule has 0 unspecified atom stereocenters. The number of nitrogens with two attached hydrogens (primary N) is 1. The average molecular weight is 224 g/mol. The molecule has 0 aliphatic rings. The van der Waals surface area contributed by atoms with Crippen LogP contribution >= 0.6 is 22.7 Å². The number of thiophene rings is 1. The molecule has 0 amide bonds. The van der Waals surface area contributed by atoms with Gasteiger partial charge in [0.05, 0.1) is 10.7 Å². The van der Waals surface area contributed by atoms with Gasteiger partial charge in [-0.1, -0.05) is 0 Å². The summed E-state index contributed by atoms with van der Waals surface area (Å²) in [5.74, 6) is 0. The number of thiazole rings is 1. The Labute approximate surface area is 91.4 Å². The van der Waals surface area contributed by atoms with Crippen molar-refractivity contribution in [3.8, 4) is 11.3 Å². The van der Waals surface area contributed by atoms with E-state index >= 15 is 0 Å². The van der Waals surface area contributed by atoms with Crippen molar-refractivity contribution in [3.63, 3.8) is 0 Å². The molecule has 2 nitrogen and oxygen atoms in total. The first-order chi connectivity index (χ1) is 6.79. The van der Waals surface area contributed by atoms with E-state index in [4.69, 9.17) is 5.73 Å². The lowest BCUT2D eigenvalue weighted by Crippen LogP contribution is -2.01. The van der Waals surface area contributed by atoms with Crippen LogP contribution in [0.3, 0.4) is 0 Å². The van der Waals surface area contributed by atoms with E-state index < -0.39 is 0 Å². The highest BCUT2D eigenvalue weighted by Crippen LogP contribution is 2.26. The smallest absolute Gasteiger partial charge is 0.0945 e. The summed E-state index contributed by atoms with van der Waals surface area (Å²) in [4.78, 5) is 5.86. The topological polar surface area (TPSA) is 38.9 Å². The SMILES string of the molecule is Cc1cc(-c2csc(CCN)n2)cs1. The van der Waals surface area contributed by atoms with E-state index in [-0.39, 0.29) is 0 Å². The van der Waals surface area contributed by atoms with Crippen molar-refractivity contribution in [1.82, 2.24) is 4.98 Å². The minimum Gasteiger partial charge on any atom is -0.330 e. The lowest BCUT2D eigenvalue weighted by molar-refractivity contribution is 0.954. The maximum atomic E-state index is 5.48. The van der Waals surface area contributed by atoms with Crippen LogP contribution in [0.5, 0.6) is 0 Å². The molecular formula is C10H12N2S2. The predicted molar refractivity (Wildman–Crippen MR) is 62.9 cm³/mol. The van der Waals surface area contributed by atoms with Gasteiger partial charge in [0, 0.05) is 27.6 Å². The van der Waals surface area contributed by atoms with Crippen LogP contribution in [0.1, 0.15) is 9.88 Å². The van der Waals surface area contributed by atoms with E-state index in [2.05, 4.69) is 28.7 Å². The molecular weight excluding hydrogens is 212 g/mol. The molecule has 4 heteroatoms. The van der Waals surface area contributed by atoms with Crippen LogP contribution in [0.15, 0.2) is 16.8 Å². The van der Waals surface area contributed by atoms with E-state index in [9.17, 15) is 0 Å². The van der Waals surface area contributed by atoms with Crippen LogP contribution in [-0.4, -0.2) is 11.5 Å². The predicted octanol–water partition coefficient (Wildman–Crippen LogP) is 2.68. The molecule has 0 aromatic carbocycles. The third-order valence-corrected chi connectivity index (χ3v) is 3.71. The Morgan fingerprint density at radius 1 is 1.36 bits per heavy atom. The molecule has 0 aliphatic carbocycles. The second kappa shape index (κ2) is 4.21. The molecule has 2 N–H and O–H groups in total. The van der Waals surface area contributed by atoms with Gasteiger partial charge in [0.25, 0.3) is 0 Å². The van der Waals surface area contributed by atoms with Gasteiger partial charge in [0.1, 0.15) is 0 Å². The number of aromatic nitrogens is 1. The Balaban J connectivity index is 2.24. The van der Waals surface area contributed by atoms with Crippen molar-refractivity contribution in [1.29, 1.82) is 0 Å². The fourth-order valence-electron chi connectivity index (χ4n) is 1.26. The van der Waals surface area contributed by atoms with Gasteiger partial charge in [0.15, 0.2) is 0 Å². The Morgan fingerprint density at radius 3 is 2.86 bits per heavy atom. The maximum Gasteiger partial charge on any atom is 0.0945 e. The highest BCUT2D eigenvalue weighted by atomic mass is 32.1. The highest BCUT2D eigenvalue weighted by Gasteiger charge is 2.05. The third kappa shape index (κ3) is 2.03. The standard InChI is InChI=1S/C10H12N2S2/c1-7-4-8(5-13-7)9-6-14-10(12-9)2-3-11/h4-6H,2-3,11H2,1H3. The lowest BCUT2D eigenvalue weighted by Gasteiger charge is -1.89. The molecule has 0 fully saturated rings. The van der Waals surface area contributed by atoms with Gasteiger partial charge in [-0.3, -0.25) is 0 Å². The van der Waals surface area contributed by atoms with Crippen LogP contribution in [-0.2, 0) is 6.42 Å². The summed E-state index contributed by atoms with van der Waals surface area (Å²) >= 11 is 3.45. The van der Waals surface area contributed by atoms with Crippen LogP contribution in [0.4, 0.5) is 0 Å². The first kappa shape index (κ1) is 9.83. The van der Waals surface area contributed by atoms with E-state index in [1.165, 1.54) is 10.4 Å². The van der Waals surface area contributed by atoms with Crippen molar-refractivity contribution >= 4 is 22.7 Å². The third-order valence-electron chi connectivity index (χ3n) is 1.94. The monoisotopic (exact) mass is 224 g/mol. The largest absolute Gasteiger partial charge is 0.330 e. The van der Waals surface area contributed by atoms with Gasteiger partial charge in [0.2, 0.25) is 0 Å². The summed E-state index contributed by atoms with van der Waals surface area (Å²) in [6, 6.07) is 2.17. The molecule has 0 atom stereocenters. The van der Waals surface area contributed by atoms with Crippen molar-refractivity contribution in [2.24, 2.45) is 5.73 Å². The average Bonchev–Trinajstić information content (AvgIpc) is 2.74. The molecule has 0 bridgehead atoms. The molecule has 0 saturated carbocycles. The van der Waals surface area contributed by atoms with E-state index in [1.807, 2.05) is 0 Å². The van der Waals surface area contributed by atoms with E-state index in [0.717, 1.165) is 17.1 Å². The molecule has 2 aromatic heterocycles. The number of rotatable bonds is 3. The number of hydrogen-bond donors (Lipinski definition) is 1. The zero-order chi connectivity index (χ0) is 9.97. The summed E-state index contributed by atoms with van der Waals surface area (Å²) in [5.41, 5.74) is 7.80. The molecule has 2 heterocycles. The Bertz CT molecular complexity index is 417. The first-order valence-corrected chi connectivity index (χ1v) is 6.25. The summed E-state index contributed by atoms with van der Waals surface area (Å²) < 4.78 is 0. The van der Waals surface area contributed by atoms with Crippen LogP contribution in [0, 0.1) is 6.92 Å². The summed E-state index contributed by atoms with van der Waals surface area (Å²) in [6.07, 6.45) is 0.883. The molecule has 2 rings (SSSR count). The number of hydrogen-bond acceptors (Lipinski definition) is 4. The van der Waals surface area contributed by atoms with E-state index in [0.29, 0.717) is 6.54 Å². The molecule has 0 aliphatic heterocycles. The summed E-state index contributed by atoms with van der Waals surface area (Å²) in [6.45, 7) is 2.79. The van der Waals surface area contributed by atoms with Crippen LogP contribution in [0.2, 0.25) is 0 Å². The zero-order valence-corrected chi connectivity index (χ0v) is 9.62. The molecule has 2 aromatic rings. The Morgan fingerprint density at radius 2 is 2.21 bits per heavy atom. The fourth-order valence-corrected chi connectivity index (χ4v) is 2.78. The molecule has 0 radical (unpaired) electrons. The Kier molecular flexibility index (Phi) is 2.96. The minimum absolute atomic E-state index is 0.676. The van der Waals surface area contributed by atoms with Crippen molar-refractivity contribution in [2.75, 3.05) is 6.54 Å². The van der Waals surface area contributed by atoms with Crippen LogP contribution in [0.25, 0.3) is 11.3 Å². The van der Waals surface area contributed by atoms with Gasteiger partial charge in [-0.05, 0) is 19.5 Å². The summed E-state index contributed by atoms with van der Waals surface area (Å²) in [5, 5.41) is 5.38. The summed E-state index contributed by atoms with van der Waals surface area (Å²) in [7, 11) is 0. The second-order valence-electron chi connectivity index (χ2n) is 3.11. The lowest BCUT2D eigenvalue weighted by atomic mass is 10.2. The molecule has 74 valence electrons. The van der Waals surface area contributed by atoms with Crippen molar-refractivity contribution < 1.29 is 0 Å². The minimum atomic E-state index is 0.676. The van der Waals surface area contributed by atoms with Gasteiger partial charge in [-0.15, -0.1) is 22.7 Å². The molecule has 14 heavy (non-hydrogen) atoms. The van der Waals surface area contributed by atoms with Gasteiger partial charge < -0.3 is 5.73 Å². The zero-order valence-electron chi connectivity index (χ0n) is 7.99. The van der Waals surface area contributed by atoms with E-state index in [1.54, 1.807) is 22.7 Å². The van der Waals surface area contributed by atoms with Gasteiger partial charge in [-0.25, -0.2) is 4.98 Å². The Hall–Kier alpha value is -0.710. The molecule has 0 spiro atoms. The number of aryl methyl sites for hydroxylation is 1. The van der Waals surface area contributed by atoms with Gasteiger partial charge in [-0.2, -0.15) is 0 Å². The number of nitrogens with zero attached hydrogens (tertiary/aromatic N) is 1. The first-order valence-electron chi connectivity index (χ1n) is 4.49. The maximum absolute atomic E-state index is 5.48. The van der Waals surface area contributed by atoms with Crippen LogP contribution < -0.4 is 5.73 Å². The van der Waals surface area contributed by atoms with Crippen molar-refractivity contribution in [2.45, 2.75) is 13.3 Å². The highest BCUT2D eigenvalue weighted by molar-refractivity contribution is 7.11. The normalized spacial score (nSPS) is 10.7. The fraction of sp³-hybridized carbons (Fsp3) is 0.300. The van der Waals surface area contributed by atoms with Crippen molar-refractivity contribution in [3.05, 3.63) is 26.7 Å². The van der Waals surface area contributed by atoms with Gasteiger partial charge >= 0.3 is 0 Å². The second-order valence-corrected chi connectivity index (χ2v) is 5.17. The quantitative estimate of drug-likeness (QED) is 0.870. The molecule has 0 saturated heterocycles.